The van der Waals surface area contributed by atoms with E-state index in [4.69, 9.17) is 0 Å². The van der Waals surface area contributed by atoms with Gasteiger partial charge in [0.05, 0.1) is 26.7 Å². The first-order valence-corrected chi connectivity index (χ1v) is 13.3. The first kappa shape index (κ1) is 24.1. The summed E-state index contributed by atoms with van der Waals surface area (Å²) in [6, 6.07) is 24.1. The Kier molecular flexibility index (Phi) is 7.41. The Labute approximate surface area is 204 Å². The van der Waals surface area contributed by atoms with Crippen molar-refractivity contribution in [2.24, 2.45) is 0 Å². The van der Waals surface area contributed by atoms with Gasteiger partial charge in [-0.25, -0.2) is 13.4 Å². The Bertz CT molecular complexity index is 1370. The molecule has 1 N–H and O–H groups in total. The number of rotatable bonds is 9. The van der Waals surface area contributed by atoms with Crippen LogP contribution in [0.3, 0.4) is 0 Å². The normalized spacial score (nSPS) is 12.7. The van der Waals surface area contributed by atoms with E-state index in [9.17, 15) is 13.2 Å². The van der Waals surface area contributed by atoms with E-state index in [2.05, 4.69) is 10.3 Å². The number of amides is 1. The molecular formula is C26H27N3O3S2. The van der Waals surface area contributed by atoms with Crippen LogP contribution in [0.15, 0.2) is 83.8 Å². The lowest BCUT2D eigenvalue weighted by molar-refractivity contribution is -0.121. The number of aryl methyl sites for hydroxylation is 1. The van der Waals surface area contributed by atoms with Crippen LogP contribution in [0.25, 0.3) is 10.2 Å². The molecule has 0 fully saturated rings. The second-order valence-electron chi connectivity index (χ2n) is 8.24. The van der Waals surface area contributed by atoms with Gasteiger partial charge in [0.2, 0.25) is 15.9 Å². The molecule has 0 aliphatic rings. The van der Waals surface area contributed by atoms with Crippen LogP contribution in [-0.4, -0.2) is 36.7 Å². The summed E-state index contributed by atoms with van der Waals surface area (Å²) in [5.41, 5.74) is 2.69. The number of thiazole rings is 1. The van der Waals surface area contributed by atoms with Crippen LogP contribution < -0.4 is 5.32 Å². The summed E-state index contributed by atoms with van der Waals surface area (Å²) in [6.07, 6.45) is 0. The van der Waals surface area contributed by atoms with Crippen molar-refractivity contribution in [3.05, 3.63) is 95.0 Å². The molecule has 3 aromatic carbocycles. The molecule has 1 atom stereocenters. The second kappa shape index (κ2) is 10.5. The molecule has 0 bridgehead atoms. The number of carbonyl (C=O) groups is 1. The average molecular weight is 494 g/mol. The number of aromatic nitrogens is 1. The fraction of sp³-hybridized carbons (Fsp3) is 0.231. The number of nitrogens with one attached hydrogen (secondary N) is 1. The fourth-order valence-corrected chi connectivity index (χ4v) is 6.08. The number of hydrogen-bond acceptors (Lipinski definition) is 5. The molecule has 0 saturated carbocycles. The minimum absolute atomic E-state index is 0.102. The number of hydrogen-bond donors (Lipinski definition) is 1. The molecule has 0 saturated heterocycles. The van der Waals surface area contributed by atoms with Gasteiger partial charge < -0.3 is 5.32 Å². The zero-order chi connectivity index (χ0) is 24.1. The van der Waals surface area contributed by atoms with Gasteiger partial charge in [-0.3, -0.25) is 4.79 Å². The van der Waals surface area contributed by atoms with Crippen LogP contribution in [-0.2, 0) is 21.4 Å². The molecule has 8 heteroatoms. The summed E-state index contributed by atoms with van der Waals surface area (Å²) in [6.45, 7) is 4.18. The third-order valence-corrected chi connectivity index (χ3v) is 8.32. The lowest BCUT2D eigenvalue weighted by Crippen LogP contribution is -2.41. The van der Waals surface area contributed by atoms with Gasteiger partial charge in [0.25, 0.3) is 0 Å². The van der Waals surface area contributed by atoms with E-state index in [1.54, 1.807) is 18.2 Å². The van der Waals surface area contributed by atoms with Gasteiger partial charge in [0, 0.05) is 13.1 Å². The number of benzene rings is 3. The molecule has 34 heavy (non-hydrogen) atoms. The maximum atomic E-state index is 13.6. The summed E-state index contributed by atoms with van der Waals surface area (Å²) >= 11 is 1.45. The summed E-state index contributed by atoms with van der Waals surface area (Å²) in [7, 11) is -3.92. The Morgan fingerprint density at radius 2 is 1.71 bits per heavy atom. The zero-order valence-electron chi connectivity index (χ0n) is 19.1. The summed E-state index contributed by atoms with van der Waals surface area (Å²) in [4.78, 5) is 17.4. The van der Waals surface area contributed by atoms with E-state index in [1.165, 1.54) is 15.6 Å². The maximum Gasteiger partial charge on any atom is 0.243 e. The number of carbonyl (C=O) groups excluding carboxylic acids is 1. The topological polar surface area (TPSA) is 79.4 Å². The van der Waals surface area contributed by atoms with E-state index in [1.807, 2.05) is 74.5 Å². The Balaban J connectivity index is 1.54. The smallest absolute Gasteiger partial charge is 0.243 e. The van der Waals surface area contributed by atoms with Crippen molar-refractivity contribution in [1.29, 1.82) is 0 Å². The molecule has 0 spiro atoms. The third kappa shape index (κ3) is 5.70. The van der Waals surface area contributed by atoms with Crippen LogP contribution in [0.4, 0.5) is 0 Å². The maximum absolute atomic E-state index is 13.6. The van der Waals surface area contributed by atoms with Crippen molar-refractivity contribution in [2.75, 3.05) is 13.1 Å². The van der Waals surface area contributed by atoms with Gasteiger partial charge in [-0.15, -0.1) is 11.3 Å². The van der Waals surface area contributed by atoms with Gasteiger partial charge >= 0.3 is 0 Å². The fourth-order valence-electron chi connectivity index (χ4n) is 3.73. The zero-order valence-corrected chi connectivity index (χ0v) is 20.8. The Morgan fingerprint density at radius 1 is 1.03 bits per heavy atom. The molecule has 0 unspecified atom stereocenters. The van der Waals surface area contributed by atoms with Gasteiger partial charge in [0.1, 0.15) is 0 Å². The molecule has 1 amide bonds. The van der Waals surface area contributed by atoms with E-state index in [-0.39, 0.29) is 29.8 Å². The van der Waals surface area contributed by atoms with Crippen molar-refractivity contribution in [3.63, 3.8) is 0 Å². The third-order valence-electron chi connectivity index (χ3n) is 5.60. The van der Waals surface area contributed by atoms with Crippen LogP contribution in [0.2, 0.25) is 0 Å². The second-order valence-corrected chi connectivity index (χ2v) is 11.4. The van der Waals surface area contributed by atoms with Crippen LogP contribution in [0, 0.1) is 6.92 Å². The molecule has 176 valence electrons. The molecule has 0 radical (unpaired) electrons. The van der Waals surface area contributed by atoms with Crippen molar-refractivity contribution in [1.82, 2.24) is 14.6 Å². The largest absolute Gasteiger partial charge is 0.354 e. The van der Waals surface area contributed by atoms with Crippen molar-refractivity contribution in [2.45, 2.75) is 31.2 Å². The van der Waals surface area contributed by atoms with E-state index >= 15 is 0 Å². The predicted octanol–water partition coefficient (Wildman–Crippen LogP) is 4.72. The standard InChI is InChI=1S/C26H27N3O3S2/c1-19(22-11-7-4-8-12-22)16-27-26(30)18-29(17-21-9-5-3-6-10-21)34(31,32)23-13-14-24-25(15-23)33-20(2)28-24/h3-15,19H,16-18H2,1-2H3,(H,27,30)/t19-/m0/s1. The number of sulfonamides is 1. The molecule has 6 nitrogen and oxygen atoms in total. The SMILES string of the molecule is Cc1nc2ccc(S(=O)(=O)N(CC(=O)NC[C@H](C)c3ccccc3)Cc3ccccc3)cc2s1. The molecule has 1 heterocycles. The first-order valence-electron chi connectivity index (χ1n) is 11.1. The van der Waals surface area contributed by atoms with E-state index < -0.39 is 10.0 Å². The van der Waals surface area contributed by atoms with E-state index in [0.29, 0.717) is 6.54 Å². The van der Waals surface area contributed by atoms with Gasteiger partial charge in [-0.2, -0.15) is 4.31 Å². The summed E-state index contributed by atoms with van der Waals surface area (Å²) < 4.78 is 29.3. The molecule has 4 aromatic rings. The Hall–Kier alpha value is -3.07. The molecule has 0 aliphatic carbocycles. The van der Waals surface area contributed by atoms with Crippen LogP contribution >= 0.6 is 11.3 Å². The molecule has 1 aromatic heterocycles. The molecule has 0 aliphatic heterocycles. The highest BCUT2D eigenvalue weighted by atomic mass is 32.2. The lowest BCUT2D eigenvalue weighted by atomic mass is 10.0. The highest BCUT2D eigenvalue weighted by molar-refractivity contribution is 7.89. The highest BCUT2D eigenvalue weighted by Crippen LogP contribution is 2.27. The van der Waals surface area contributed by atoms with Gasteiger partial charge in [0.15, 0.2) is 0 Å². The van der Waals surface area contributed by atoms with Crippen molar-refractivity contribution < 1.29 is 13.2 Å². The highest BCUT2D eigenvalue weighted by Gasteiger charge is 2.27. The minimum Gasteiger partial charge on any atom is -0.354 e. The summed E-state index contributed by atoms with van der Waals surface area (Å²) in [5, 5.41) is 3.77. The summed E-state index contributed by atoms with van der Waals surface area (Å²) in [5.74, 6) is -0.224. The monoisotopic (exact) mass is 493 g/mol. The van der Waals surface area contributed by atoms with Gasteiger partial charge in [-0.1, -0.05) is 67.6 Å². The molecular weight excluding hydrogens is 466 g/mol. The number of nitrogens with zero attached hydrogens (tertiary/aromatic N) is 2. The molecule has 4 rings (SSSR count). The Morgan fingerprint density at radius 3 is 2.41 bits per heavy atom. The minimum atomic E-state index is -3.92. The van der Waals surface area contributed by atoms with Crippen LogP contribution in [0.1, 0.15) is 29.0 Å². The van der Waals surface area contributed by atoms with E-state index in [0.717, 1.165) is 26.4 Å². The quantitative estimate of drug-likeness (QED) is 0.366. The van der Waals surface area contributed by atoms with Gasteiger partial charge in [-0.05, 0) is 42.2 Å². The van der Waals surface area contributed by atoms with Crippen LogP contribution in [0.5, 0.6) is 0 Å². The number of fused-ring (bicyclic) bond motifs is 1. The van der Waals surface area contributed by atoms with Crippen molar-refractivity contribution >= 4 is 37.5 Å². The average Bonchev–Trinajstić information content (AvgIpc) is 3.22. The predicted molar refractivity (Wildman–Crippen MR) is 136 cm³/mol. The first-order chi connectivity index (χ1) is 16.3. The van der Waals surface area contributed by atoms with Crippen molar-refractivity contribution in [3.8, 4) is 0 Å². The lowest BCUT2D eigenvalue weighted by Gasteiger charge is -2.22.